The highest BCUT2D eigenvalue weighted by molar-refractivity contribution is 7.92. The van der Waals surface area contributed by atoms with Gasteiger partial charge in [0.1, 0.15) is 12.6 Å². The molecule has 2 heterocycles. The van der Waals surface area contributed by atoms with Gasteiger partial charge in [-0.25, -0.2) is 8.42 Å². The number of halogens is 1. The van der Waals surface area contributed by atoms with Crippen LogP contribution in [0.4, 0.5) is 5.69 Å². The molecular weight excluding hydrogens is 533 g/mol. The lowest BCUT2D eigenvalue weighted by molar-refractivity contribution is -0.616. The first kappa shape index (κ1) is 22.5. The van der Waals surface area contributed by atoms with Crippen molar-refractivity contribution in [1.29, 1.82) is 0 Å². The standard InChI is InChI=1S/C25H24N3O2S.HI/c1-17-13-15-18(16-14-17)31(29,30)28(4)24-20-10-6-8-12-22(20)26(2)23-19-9-5-7-11-21(19)27(3)25(23)24;/h5-16H,1-4H3;1H/q+1;/p-1. The third-order valence-electron chi connectivity index (χ3n) is 6.15. The molecule has 0 unspecified atom stereocenters. The van der Waals surface area contributed by atoms with E-state index in [2.05, 4.69) is 21.3 Å². The van der Waals surface area contributed by atoms with Gasteiger partial charge in [-0.05, 0) is 37.3 Å². The smallest absolute Gasteiger partial charge is 0.264 e. The van der Waals surface area contributed by atoms with Gasteiger partial charge in [0.15, 0.2) is 0 Å². The van der Waals surface area contributed by atoms with Crippen molar-refractivity contribution >= 4 is 48.5 Å². The maximum atomic E-state index is 13.7. The highest BCUT2D eigenvalue weighted by Gasteiger charge is 2.31. The number of anilines is 1. The number of nitrogens with zero attached hydrogens (tertiary/aromatic N) is 3. The largest absolute Gasteiger partial charge is 1.00 e. The summed E-state index contributed by atoms with van der Waals surface area (Å²) in [4.78, 5) is 0.282. The maximum Gasteiger partial charge on any atom is 0.264 e. The van der Waals surface area contributed by atoms with Crippen LogP contribution < -0.4 is 32.8 Å². The van der Waals surface area contributed by atoms with Crippen molar-refractivity contribution < 1.29 is 37.0 Å². The molecule has 7 heteroatoms. The van der Waals surface area contributed by atoms with Crippen molar-refractivity contribution in [3.05, 3.63) is 78.4 Å². The predicted octanol–water partition coefficient (Wildman–Crippen LogP) is 1.45. The Labute approximate surface area is 205 Å². The molecule has 0 saturated heterocycles. The number of fused-ring (bicyclic) bond motifs is 4. The van der Waals surface area contributed by atoms with Crippen molar-refractivity contribution in [3.63, 3.8) is 0 Å². The third kappa shape index (κ3) is 3.17. The van der Waals surface area contributed by atoms with Gasteiger partial charge in [0.25, 0.3) is 10.0 Å². The Morgan fingerprint density at radius 1 is 0.875 bits per heavy atom. The van der Waals surface area contributed by atoms with Crippen molar-refractivity contribution in [2.45, 2.75) is 11.8 Å². The van der Waals surface area contributed by atoms with Gasteiger partial charge in [0.05, 0.1) is 26.9 Å². The van der Waals surface area contributed by atoms with Crippen LogP contribution in [0.1, 0.15) is 5.56 Å². The third-order valence-corrected chi connectivity index (χ3v) is 7.93. The molecule has 0 radical (unpaired) electrons. The zero-order valence-corrected chi connectivity index (χ0v) is 21.3. The van der Waals surface area contributed by atoms with E-state index in [4.69, 9.17) is 0 Å². The SMILES string of the molecule is Cc1ccc(S(=O)(=O)N(C)c2c3ccccc3[n+](C)c3c4ccccc4n(C)c23)cc1.[I-]. The minimum atomic E-state index is -3.75. The molecule has 0 bridgehead atoms. The molecule has 32 heavy (non-hydrogen) atoms. The molecule has 0 amide bonds. The molecule has 0 fully saturated rings. The molecular formula is C25H24IN3O2S. The molecule has 5 rings (SSSR count). The Morgan fingerprint density at radius 3 is 2.16 bits per heavy atom. The van der Waals surface area contributed by atoms with E-state index in [-0.39, 0.29) is 28.9 Å². The highest BCUT2D eigenvalue weighted by Crippen LogP contribution is 2.38. The second-order valence-electron chi connectivity index (χ2n) is 7.98. The summed E-state index contributed by atoms with van der Waals surface area (Å²) in [7, 11) is 1.93. The van der Waals surface area contributed by atoms with Crippen LogP contribution in [0.2, 0.25) is 0 Å². The molecule has 0 aliphatic rings. The minimum absolute atomic E-state index is 0. The number of pyridine rings is 1. The maximum absolute atomic E-state index is 13.7. The molecule has 3 aromatic carbocycles. The molecule has 0 N–H and O–H groups in total. The summed E-state index contributed by atoms with van der Waals surface area (Å²) in [6.07, 6.45) is 0. The first-order valence-electron chi connectivity index (χ1n) is 10.2. The fraction of sp³-hybridized carbons (Fsp3) is 0.160. The van der Waals surface area contributed by atoms with Gasteiger partial charge in [-0.2, -0.15) is 4.57 Å². The van der Waals surface area contributed by atoms with Crippen molar-refractivity contribution in [2.24, 2.45) is 14.1 Å². The quantitative estimate of drug-likeness (QED) is 0.249. The van der Waals surface area contributed by atoms with E-state index in [0.29, 0.717) is 5.69 Å². The fourth-order valence-corrected chi connectivity index (χ4v) is 5.73. The van der Waals surface area contributed by atoms with E-state index < -0.39 is 10.0 Å². The van der Waals surface area contributed by atoms with Gasteiger partial charge in [0.2, 0.25) is 11.0 Å². The first-order valence-corrected chi connectivity index (χ1v) is 11.6. The van der Waals surface area contributed by atoms with E-state index in [1.54, 1.807) is 19.2 Å². The van der Waals surface area contributed by atoms with Crippen LogP contribution in [0.25, 0.3) is 32.8 Å². The number of aryl methyl sites for hydroxylation is 3. The lowest BCUT2D eigenvalue weighted by atomic mass is 10.1. The molecule has 5 aromatic rings. The monoisotopic (exact) mass is 557 g/mol. The summed E-state index contributed by atoms with van der Waals surface area (Å²) >= 11 is 0. The molecule has 0 atom stereocenters. The summed E-state index contributed by atoms with van der Waals surface area (Å²) in [6.45, 7) is 1.95. The lowest BCUT2D eigenvalue weighted by Gasteiger charge is -2.22. The molecule has 2 aromatic heterocycles. The number of benzene rings is 3. The van der Waals surface area contributed by atoms with Crippen LogP contribution in [0.15, 0.2) is 77.7 Å². The molecule has 0 aliphatic heterocycles. The van der Waals surface area contributed by atoms with Crippen LogP contribution in [-0.2, 0) is 24.1 Å². The summed E-state index contributed by atoms with van der Waals surface area (Å²) < 4.78 is 33.0. The van der Waals surface area contributed by atoms with Gasteiger partial charge in [0, 0.05) is 20.2 Å². The normalized spacial score (nSPS) is 11.8. The number of sulfonamides is 1. The summed E-state index contributed by atoms with van der Waals surface area (Å²) in [5.74, 6) is 0. The van der Waals surface area contributed by atoms with Crippen LogP contribution >= 0.6 is 0 Å². The van der Waals surface area contributed by atoms with Crippen molar-refractivity contribution in [2.75, 3.05) is 11.4 Å². The summed E-state index contributed by atoms with van der Waals surface area (Å²) in [6, 6.07) is 23.1. The molecule has 5 nitrogen and oxygen atoms in total. The van der Waals surface area contributed by atoms with E-state index in [0.717, 1.165) is 38.4 Å². The van der Waals surface area contributed by atoms with Gasteiger partial charge >= 0.3 is 0 Å². The van der Waals surface area contributed by atoms with Gasteiger partial charge in [-0.3, -0.25) is 4.31 Å². The molecule has 0 saturated carbocycles. The Hall–Kier alpha value is -2.65. The summed E-state index contributed by atoms with van der Waals surface area (Å²) in [5, 5.41) is 1.98. The van der Waals surface area contributed by atoms with Crippen molar-refractivity contribution in [1.82, 2.24) is 4.57 Å². The van der Waals surface area contributed by atoms with E-state index in [9.17, 15) is 8.42 Å². The lowest BCUT2D eigenvalue weighted by Crippen LogP contribution is -3.00. The number of hydrogen-bond acceptors (Lipinski definition) is 2. The topological polar surface area (TPSA) is 46.2 Å². The molecule has 164 valence electrons. The number of para-hydroxylation sites is 2. The second-order valence-corrected chi connectivity index (χ2v) is 9.95. The highest BCUT2D eigenvalue weighted by atomic mass is 127. The average molecular weight is 557 g/mol. The van der Waals surface area contributed by atoms with Gasteiger partial charge in [-0.15, -0.1) is 0 Å². The zero-order valence-electron chi connectivity index (χ0n) is 18.4. The molecule has 0 aliphatic carbocycles. The van der Waals surface area contributed by atoms with Gasteiger partial charge in [-0.1, -0.05) is 42.0 Å². The van der Waals surface area contributed by atoms with Crippen LogP contribution in [0.3, 0.4) is 0 Å². The first-order chi connectivity index (χ1) is 14.8. The summed E-state index contributed by atoms with van der Waals surface area (Å²) in [5.41, 5.74) is 5.65. The van der Waals surface area contributed by atoms with E-state index in [1.165, 1.54) is 4.31 Å². The van der Waals surface area contributed by atoms with Crippen LogP contribution in [0.5, 0.6) is 0 Å². The van der Waals surface area contributed by atoms with Gasteiger partial charge < -0.3 is 28.5 Å². The average Bonchev–Trinajstić information content (AvgIpc) is 3.07. The van der Waals surface area contributed by atoms with E-state index in [1.807, 2.05) is 69.6 Å². The van der Waals surface area contributed by atoms with Crippen LogP contribution in [-0.4, -0.2) is 20.0 Å². The van der Waals surface area contributed by atoms with Crippen LogP contribution in [0, 0.1) is 6.92 Å². The fourth-order valence-electron chi connectivity index (χ4n) is 4.51. The zero-order chi connectivity index (χ0) is 21.9. The Bertz CT molecular complexity index is 1590. The number of aromatic nitrogens is 2. The van der Waals surface area contributed by atoms with Crippen molar-refractivity contribution in [3.8, 4) is 0 Å². The molecule has 0 spiro atoms. The Balaban J connectivity index is 0.00000245. The predicted molar refractivity (Wildman–Crippen MR) is 126 cm³/mol. The Morgan fingerprint density at radius 2 is 1.47 bits per heavy atom. The number of hydrogen-bond donors (Lipinski definition) is 0. The van der Waals surface area contributed by atoms with E-state index >= 15 is 0 Å². The minimum Gasteiger partial charge on any atom is -1.00 e. The second kappa shape index (κ2) is 8.04. The Kier molecular flexibility index (Phi) is 5.67. The number of rotatable bonds is 3.